The molecule has 1 unspecified atom stereocenters. The molecule has 1 amide bonds. The molecule has 4 nitrogen and oxygen atoms in total. The van der Waals surface area contributed by atoms with Crippen molar-refractivity contribution < 1.29 is 9.90 Å². The van der Waals surface area contributed by atoms with Crippen LogP contribution in [0.3, 0.4) is 0 Å². The van der Waals surface area contributed by atoms with Crippen LogP contribution in [-0.2, 0) is 0 Å². The zero-order chi connectivity index (χ0) is 12.9. The van der Waals surface area contributed by atoms with Crippen LogP contribution in [0.25, 0.3) is 0 Å². The van der Waals surface area contributed by atoms with Gasteiger partial charge in [0.05, 0.1) is 5.60 Å². The molecule has 0 aromatic carbocycles. The lowest BCUT2D eigenvalue weighted by Gasteiger charge is -2.22. The molecule has 0 aliphatic heterocycles. The second-order valence-corrected chi connectivity index (χ2v) is 5.21. The SMILES string of the molecule is CCCC(C)(O)CNC(=O)c1ccc(Br)cn1. The van der Waals surface area contributed by atoms with Gasteiger partial charge in [-0.2, -0.15) is 0 Å². The Kier molecular flexibility index (Phi) is 5.08. The third-order valence-electron chi connectivity index (χ3n) is 2.38. The fourth-order valence-corrected chi connectivity index (χ4v) is 1.73. The van der Waals surface area contributed by atoms with Crippen molar-refractivity contribution in [1.29, 1.82) is 0 Å². The molecule has 0 spiro atoms. The number of hydrogen-bond donors (Lipinski definition) is 2. The first-order valence-electron chi connectivity index (χ1n) is 5.57. The van der Waals surface area contributed by atoms with Crippen molar-refractivity contribution in [2.45, 2.75) is 32.3 Å². The second-order valence-electron chi connectivity index (χ2n) is 4.29. The Labute approximate surface area is 110 Å². The molecule has 1 atom stereocenters. The molecule has 1 rings (SSSR count). The van der Waals surface area contributed by atoms with Gasteiger partial charge in [-0.3, -0.25) is 4.79 Å². The summed E-state index contributed by atoms with van der Waals surface area (Å²) < 4.78 is 0.826. The Balaban J connectivity index is 2.53. The Hall–Kier alpha value is -0.940. The summed E-state index contributed by atoms with van der Waals surface area (Å²) >= 11 is 3.25. The van der Waals surface area contributed by atoms with Crippen LogP contribution in [0.5, 0.6) is 0 Å². The van der Waals surface area contributed by atoms with E-state index in [-0.39, 0.29) is 12.5 Å². The molecule has 5 heteroatoms. The predicted molar refractivity (Wildman–Crippen MR) is 69.8 cm³/mol. The van der Waals surface area contributed by atoms with Crippen molar-refractivity contribution in [3.63, 3.8) is 0 Å². The Morgan fingerprint density at radius 2 is 2.29 bits per heavy atom. The molecule has 0 saturated heterocycles. The Bertz CT molecular complexity index is 377. The van der Waals surface area contributed by atoms with E-state index in [0.29, 0.717) is 12.1 Å². The van der Waals surface area contributed by atoms with Gasteiger partial charge >= 0.3 is 0 Å². The number of aromatic nitrogens is 1. The van der Waals surface area contributed by atoms with Crippen molar-refractivity contribution in [3.05, 3.63) is 28.5 Å². The van der Waals surface area contributed by atoms with E-state index < -0.39 is 5.60 Å². The lowest BCUT2D eigenvalue weighted by Crippen LogP contribution is -2.40. The summed E-state index contributed by atoms with van der Waals surface area (Å²) in [5.74, 6) is -0.270. The summed E-state index contributed by atoms with van der Waals surface area (Å²) in [5.41, 5.74) is -0.514. The molecule has 0 saturated carbocycles. The molecule has 17 heavy (non-hydrogen) atoms. The zero-order valence-electron chi connectivity index (χ0n) is 10.0. The monoisotopic (exact) mass is 300 g/mol. The van der Waals surface area contributed by atoms with Crippen molar-refractivity contribution in [2.75, 3.05) is 6.54 Å². The molecule has 0 aliphatic rings. The molecule has 1 aromatic heterocycles. The second kappa shape index (κ2) is 6.12. The highest BCUT2D eigenvalue weighted by Gasteiger charge is 2.20. The highest BCUT2D eigenvalue weighted by Crippen LogP contribution is 2.11. The summed E-state index contributed by atoms with van der Waals surface area (Å²) in [7, 11) is 0. The van der Waals surface area contributed by atoms with E-state index in [0.717, 1.165) is 10.9 Å². The highest BCUT2D eigenvalue weighted by atomic mass is 79.9. The fraction of sp³-hybridized carbons (Fsp3) is 0.500. The smallest absolute Gasteiger partial charge is 0.269 e. The summed E-state index contributed by atoms with van der Waals surface area (Å²) in [6.07, 6.45) is 3.10. The molecule has 1 aromatic rings. The molecule has 0 aliphatic carbocycles. The van der Waals surface area contributed by atoms with Gasteiger partial charge in [0, 0.05) is 17.2 Å². The molecule has 94 valence electrons. The summed E-state index contributed by atoms with van der Waals surface area (Å²) in [6, 6.07) is 3.39. The van der Waals surface area contributed by atoms with Gasteiger partial charge in [0.25, 0.3) is 5.91 Å². The zero-order valence-corrected chi connectivity index (χ0v) is 11.6. The van der Waals surface area contributed by atoms with E-state index >= 15 is 0 Å². The van der Waals surface area contributed by atoms with Gasteiger partial charge in [0.2, 0.25) is 0 Å². The number of carbonyl (C=O) groups is 1. The van der Waals surface area contributed by atoms with Crippen molar-refractivity contribution >= 4 is 21.8 Å². The van der Waals surface area contributed by atoms with E-state index in [9.17, 15) is 9.90 Å². The van der Waals surface area contributed by atoms with Crippen LogP contribution in [0.2, 0.25) is 0 Å². The van der Waals surface area contributed by atoms with Gasteiger partial charge in [0.1, 0.15) is 5.69 Å². The number of aliphatic hydroxyl groups is 1. The van der Waals surface area contributed by atoms with E-state index in [1.165, 1.54) is 0 Å². The van der Waals surface area contributed by atoms with Crippen LogP contribution in [0.15, 0.2) is 22.8 Å². The Morgan fingerprint density at radius 1 is 1.59 bits per heavy atom. The number of halogens is 1. The first kappa shape index (κ1) is 14.1. The minimum atomic E-state index is -0.861. The lowest BCUT2D eigenvalue weighted by molar-refractivity contribution is 0.0468. The number of hydrogen-bond acceptors (Lipinski definition) is 3. The van der Waals surface area contributed by atoms with E-state index in [2.05, 4.69) is 26.2 Å². The van der Waals surface area contributed by atoms with E-state index in [1.807, 2.05) is 6.92 Å². The molecular weight excluding hydrogens is 284 g/mol. The van der Waals surface area contributed by atoms with E-state index in [4.69, 9.17) is 0 Å². The summed E-state index contributed by atoms with van der Waals surface area (Å²) in [6.45, 7) is 3.94. The standard InChI is InChI=1S/C12H17BrN2O2/c1-3-6-12(2,17)8-15-11(16)10-5-4-9(13)7-14-10/h4-5,7,17H,3,6,8H2,1-2H3,(H,15,16). The highest BCUT2D eigenvalue weighted by molar-refractivity contribution is 9.10. The van der Waals surface area contributed by atoms with Gasteiger partial charge in [-0.25, -0.2) is 4.98 Å². The van der Waals surface area contributed by atoms with Gasteiger partial charge in [-0.15, -0.1) is 0 Å². The Morgan fingerprint density at radius 3 is 2.82 bits per heavy atom. The molecule has 2 N–H and O–H groups in total. The maximum Gasteiger partial charge on any atom is 0.269 e. The van der Waals surface area contributed by atoms with Gasteiger partial charge in [-0.1, -0.05) is 13.3 Å². The first-order chi connectivity index (χ1) is 7.94. The maximum absolute atomic E-state index is 11.7. The molecule has 1 heterocycles. The van der Waals surface area contributed by atoms with Crippen LogP contribution in [0.4, 0.5) is 0 Å². The van der Waals surface area contributed by atoms with Gasteiger partial charge in [0.15, 0.2) is 0 Å². The quantitative estimate of drug-likeness (QED) is 0.875. The van der Waals surface area contributed by atoms with Crippen LogP contribution in [0, 0.1) is 0 Å². The minimum Gasteiger partial charge on any atom is -0.388 e. The average Bonchev–Trinajstić information content (AvgIpc) is 2.27. The number of rotatable bonds is 5. The molecule has 0 bridgehead atoms. The van der Waals surface area contributed by atoms with Crippen LogP contribution >= 0.6 is 15.9 Å². The summed E-state index contributed by atoms with van der Waals surface area (Å²) in [4.78, 5) is 15.7. The third kappa shape index (κ3) is 4.83. The maximum atomic E-state index is 11.7. The van der Waals surface area contributed by atoms with Gasteiger partial charge in [-0.05, 0) is 41.4 Å². The predicted octanol–water partition coefficient (Wildman–Crippen LogP) is 2.12. The average molecular weight is 301 g/mol. The van der Waals surface area contributed by atoms with E-state index in [1.54, 1.807) is 25.3 Å². The van der Waals surface area contributed by atoms with Crippen molar-refractivity contribution in [3.8, 4) is 0 Å². The van der Waals surface area contributed by atoms with Crippen LogP contribution in [0.1, 0.15) is 37.2 Å². The minimum absolute atomic E-state index is 0.234. The largest absolute Gasteiger partial charge is 0.388 e. The van der Waals surface area contributed by atoms with Gasteiger partial charge < -0.3 is 10.4 Å². The van der Waals surface area contributed by atoms with Crippen molar-refractivity contribution in [1.82, 2.24) is 10.3 Å². The summed E-state index contributed by atoms with van der Waals surface area (Å²) in [5, 5.41) is 12.6. The number of carbonyl (C=O) groups excluding carboxylic acids is 1. The number of pyridine rings is 1. The van der Waals surface area contributed by atoms with Crippen molar-refractivity contribution in [2.24, 2.45) is 0 Å². The normalized spacial score (nSPS) is 14.1. The first-order valence-corrected chi connectivity index (χ1v) is 6.36. The van der Waals surface area contributed by atoms with Crippen LogP contribution < -0.4 is 5.32 Å². The van der Waals surface area contributed by atoms with Crippen LogP contribution in [-0.4, -0.2) is 28.1 Å². The number of nitrogens with zero attached hydrogens (tertiary/aromatic N) is 1. The molecular formula is C12H17BrN2O2. The molecule has 0 fully saturated rings. The lowest BCUT2D eigenvalue weighted by atomic mass is 10.0. The topological polar surface area (TPSA) is 62.2 Å². The molecule has 0 radical (unpaired) electrons. The number of amides is 1. The third-order valence-corrected chi connectivity index (χ3v) is 2.85. The fourth-order valence-electron chi connectivity index (χ4n) is 1.50. The number of nitrogens with one attached hydrogen (secondary N) is 1.